The number of aromatic nitrogens is 2. The minimum atomic E-state index is 0.556. The second-order valence-electron chi connectivity index (χ2n) is 12.2. The standard InChI is InChI=1S/C45H25N5/c1-47-31-21-25-42-39(26-31)36-13-5-7-15-40(36)50(42)44-27-32(48-2)20-24-37(44)35-12-4-3-11-34(35)29-18-22-33(23-19-29)49-41-16-8-6-14-38(41)45-30(28-46)10-9-17-43(45)49/h3-27H. The fourth-order valence-electron chi connectivity index (χ4n) is 7.44. The van der Waals surface area contributed by atoms with E-state index in [0.717, 1.165) is 77.2 Å². The molecule has 5 nitrogen and oxygen atoms in total. The number of hydrogen-bond donors (Lipinski definition) is 0. The van der Waals surface area contributed by atoms with Crippen LogP contribution in [0, 0.1) is 24.5 Å². The van der Waals surface area contributed by atoms with E-state index in [-0.39, 0.29) is 0 Å². The molecule has 0 atom stereocenters. The van der Waals surface area contributed by atoms with Crippen LogP contribution in [0.5, 0.6) is 0 Å². The van der Waals surface area contributed by atoms with Gasteiger partial charge in [-0.2, -0.15) is 5.26 Å². The first-order chi connectivity index (χ1) is 24.7. The summed E-state index contributed by atoms with van der Waals surface area (Å²) in [7, 11) is 0. The third kappa shape index (κ3) is 4.31. The van der Waals surface area contributed by atoms with Crippen molar-refractivity contribution in [3.63, 3.8) is 0 Å². The van der Waals surface area contributed by atoms with Gasteiger partial charge < -0.3 is 9.13 Å². The number of para-hydroxylation sites is 2. The highest BCUT2D eigenvalue weighted by atomic mass is 15.0. The molecule has 2 heterocycles. The summed E-state index contributed by atoms with van der Waals surface area (Å²) in [4.78, 5) is 7.50. The largest absolute Gasteiger partial charge is 0.310 e. The third-order valence-electron chi connectivity index (χ3n) is 9.61. The van der Waals surface area contributed by atoms with Gasteiger partial charge in [0.15, 0.2) is 11.4 Å². The average molecular weight is 636 g/mol. The van der Waals surface area contributed by atoms with Crippen LogP contribution in [0.1, 0.15) is 5.56 Å². The molecular weight excluding hydrogens is 611 g/mol. The van der Waals surface area contributed by atoms with Crippen molar-refractivity contribution in [3.05, 3.63) is 180 Å². The Morgan fingerprint density at radius 2 is 1.10 bits per heavy atom. The molecule has 9 rings (SSSR count). The van der Waals surface area contributed by atoms with Gasteiger partial charge in [0.25, 0.3) is 0 Å². The molecule has 0 fully saturated rings. The summed E-state index contributed by atoms with van der Waals surface area (Å²) in [6.45, 7) is 15.5. The second kappa shape index (κ2) is 11.4. The van der Waals surface area contributed by atoms with Crippen LogP contribution in [0.3, 0.4) is 0 Å². The quantitative estimate of drug-likeness (QED) is 0.177. The Balaban J connectivity index is 1.23. The van der Waals surface area contributed by atoms with Crippen LogP contribution in [0.25, 0.3) is 86.9 Å². The SMILES string of the molecule is [C-]#[N+]c1ccc(-c2ccccc2-c2ccc(-n3c4ccccc4c4c(C#N)cccc43)cc2)c(-n2c3ccccc3c3cc([N+]#[C-])ccc32)c1. The number of benzene rings is 7. The van der Waals surface area contributed by atoms with Crippen molar-refractivity contribution in [1.82, 2.24) is 9.13 Å². The summed E-state index contributed by atoms with van der Waals surface area (Å²) in [6, 6.07) is 53.5. The van der Waals surface area contributed by atoms with Crippen LogP contribution in [-0.2, 0) is 0 Å². The molecule has 0 bridgehead atoms. The van der Waals surface area contributed by atoms with Gasteiger partial charge in [0.1, 0.15) is 0 Å². The van der Waals surface area contributed by atoms with Crippen molar-refractivity contribution in [2.45, 2.75) is 0 Å². The monoisotopic (exact) mass is 635 g/mol. The summed E-state index contributed by atoms with van der Waals surface area (Å²) in [5.41, 5.74) is 12.0. The average Bonchev–Trinajstić information content (AvgIpc) is 3.70. The summed E-state index contributed by atoms with van der Waals surface area (Å²) < 4.78 is 4.45. The van der Waals surface area contributed by atoms with E-state index in [1.807, 2.05) is 66.7 Å². The first-order valence-corrected chi connectivity index (χ1v) is 16.2. The maximum atomic E-state index is 9.91. The van der Waals surface area contributed by atoms with Gasteiger partial charge in [-0.3, -0.25) is 0 Å². The molecule has 50 heavy (non-hydrogen) atoms. The Hall–Kier alpha value is -7.39. The van der Waals surface area contributed by atoms with Gasteiger partial charge in [-0.15, -0.1) is 0 Å². The van der Waals surface area contributed by atoms with Crippen molar-refractivity contribution >= 4 is 55.0 Å². The van der Waals surface area contributed by atoms with E-state index < -0.39 is 0 Å². The molecule has 9 aromatic rings. The van der Waals surface area contributed by atoms with Crippen LogP contribution in [0.2, 0.25) is 0 Å². The minimum absolute atomic E-state index is 0.556. The zero-order valence-corrected chi connectivity index (χ0v) is 26.7. The summed E-state index contributed by atoms with van der Waals surface area (Å²) in [6.07, 6.45) is 0. The van der Waals surface area contributed by atoms with Gasteiger partial charge in [0, 0.05) is 33.1 Å². The molecule has 0 spiro atoms. The Kier molecular flexibility index (Phi) is 6.56. The van der Waals surface area contributed by atoms with Crippen molar-refractivity contribution in [3.8, 4) is 39.7 Å². The number of fused-ring (bicyclic) bond motifs is 6. The van der Waals surface area contributed by atoms with Crippen molar-refractivity contribution in [1.29, 1.82) is 5.26 Å². The maximum absolute atomic E-state index is 9.91. The molecule has 0 saturated carbocycles. The van der Waals surface area contributed by atoms with Crippen LogP contribution in [0.15, 0.2) is 152 Å². The van der Waals surface area contributed by atoms with Crippen LogP contribution >= 0.6 is 0 Å². The lowest BCUT2D eigenvalue weighted by Crippen LogP contribution is -1.98. The predicted octanol–water partition coefficient (Wildman–Crippen LogP) is 12.2. The Morgan fingerprint density at radius 1 is 0.480 bits per heavy atom. The smallest absolute Gasteiger partial charge is 0.189 e. The molecule has 0 radical (unpaired) electrons. The highest BCUT2D eigenvalue weighted by Gasteiger charge is 2.19. The first-order valence-electron chi connectivity index (χ1n) is 16.2. The van der Waals surface area contributed by atoms with Crippen LogP contribution < -0.4 is 0 Å². The van der Waals surface area contributed by atoms with Gasteiger partial charge in [-0.25, -0.2) is 9.69 Å². The van der Waals surface area contributed by atoms with Crippen molar-refractivity contribution < 1.29 is 0 Å². The first kappa shape index (κ1) is 28.8. The number of nitrogens with zero attached hydrogens (tertiary/aromatic N) is 5. The van der Waals surface area contributed by atoms with E-state index in [4.69, 9.17) is 13.1 Å². The van der Waals surface area contributed by atoms with Crippen LogP contribution in [-0.4, -0.2) is 9.13 Å². The molecule has 230 valence electrons. The molecule has 0 aliphatic carbocycles. The Labute approximate surface area is 288 Å². The van der Waals surface area contributed by atoms with Gasteiger partial charge >= 0.3 is 0 Å². The number of nitriles is 1. The number of hydrogen-bond acceptors (Lipinski definition) is 1. The van der Waals surface area contributed by atoms with E-state index in [9.17, 15) is 5.26 Å². The number of rotatable bonds is 4. The second-order valence-corrected chi connectivity index (χ2v) is 12.2. The topological polar surface area (TPSA) is 42.4 Å². The molecular formula is C45H25N5. The molecule has 0 N–H and O–H groups in total. The van der Waals surface area contributed by atoms with Gasteiger partial charge in [-0.05, 0) is 76.7 Å². The third-order valence-corrected chi connectivity index (χ3v) is 9.61. The predicted molar refractivity (Wildman–Crippen MR) is 203 cm³/mol. The molecule has 5 heteroatoms. The summed E-state index contributed by atoms with van der Waals surface area (Å²) in [5.74, 6) is 0. The molecule has 0 unspecified atom stereocenters. The van der Waals surface area contributed by atoms with Crippen molar-refractivity contribution in [2.24, 2.45) is 0 Å². The van der Waals surface area contributed by atoms with Gasteiger partial charge in [-0.1, -0.05) is 97.1 Å². The molecule has 0 aliphatic rings. The molecule has 0 saturated heterocycles. The van der Waals surface area contributed by atoms with Gasteiger partial charge in [0.05, 0.1) is 46.8 Å². The van der Waals surface area contributed by atoms with E-state index >= 15 is 0 Å². The lowest BCUT2D eigenvalue weighted by Gasteiger charge is -2.18. The lowest BCUT2D eigenvalue weighted by molar-refractivity contribution is 1.18. The van der Waals surface area contributed by atoms with Gasteiger partial charge in [0.2, 0.25) is 0 Å². The Morgan fingerprint density at radius 3 is 1.86 bits per heavy atom. The maximum Gasteiger partial charge on any atom is 0.189 e. The normalized spacial score (nSPS) is 11.1. The molecule has 0 amide bonds. The van der Waals surface area contributed by atoms with E-state index in [0.29, 0.717) is 16.9 Å². The van der Waals surface area contributed by atoms with E-state index in [1.165, 1.54) is 0 Å². The minimum Gasteiger partial charge on any atom is -0.310 e. The van der Waals surface area contributed by atoms with Crippen LogP contribution in [0.4, 0.5) is 11.4 Å². The molecule has 0 aliphatic heterocycles. The zero-order chi connectivity index (χ0) is 33.8. The summed E-state index contributed by atoms with van der Waals surface area (Å²) >= 11 is 0. The highest BCUT2D eigenvalue weighted by molar-refractivity contribution is 6.12. The fraction of sp³-hybridized carbons (Fsp3) is 0. The highest BCUT2D eigenvalue weighted by Crippen LogP contribution is 2.42. The Bertz CT molecular complexity index is 2960. The zero-order valence-electron chi connectivity index (χ0n) is 26.7. The summed E-state index contributed by atoms with van der Waals surface area (Å²) in [5, 5.41) is 14.0. The van der Waals surface area contributed by atoms with E-state index in [2.05, 4.69) is 110 Å². The lowest BCUT2D eigenvalue weighted by atomic mass is 9.93. The molecule has 7 aromatic carbocycles. The van der Waals surface area contributed by atoms with Crippen molar-refractivity contribution in [2.75, 3.05) is 0 Å². The fourth-order valence-corrected chi connectivity index (χ4v) is 7.44. The molecule has 2 aromatic heterocycles. The van der Waals surface area contributed by atoms with E-state index in [1.54, 1.807) is 0 Å².